The van der Waals surface area contributed by atoms with Crippen LogP contribution >= 0.6 is 0 Å². The second kappa shape index (κ2) is 3.23. The van der Waals surface area contributed by atoms with E-state index < -0.39 is 0 Å². The van der Waals surface area contributed by atoms with Crippen LogP contribution in [0.1, 0.15) is 26.7 Å². The van der Waals surface area contributed by atoms with Gasteiger partial charge in [-0.05, 0) is 24.7 Å². The molecule has 0 radical (unpaired) electrons. The Morgan fingerprint density at radius 1 is 1.45 bits per heavy atom. The van der Waals surface area contributed by atoms with E-state index in [1.54, 1.807) is 0 Å². The number of hydrogen-bond acceptors (Lipinski definition) is 2. The third kappa shape index (κ3) is 1.54. The maximum Gasteiger partial charge on any atom is 0.0672 e. The highest BCUT2D eigenvalue weighted by molar-refractivity contribution is 4.99. The average molecular weight is 152 g/mol. The van der Waals surface area contributed by atoms with Crippen LogP contribution in [0.4, 0.5) is 0 Å². The molecule has 2 N–H and O–H groups in total. The van der Waals surface area contributed by atoms with Gasteiger partial charge in [0.05, 0.1) is 12.0 Å². The molecule has 0 aromatic heterocycles. The molecule has 3 atom stereocenters. The Morgan fingerprint density at radius 2 is 2.09 bits per heavy atom. The lowest BCUT2D eigenvalue weighted by Crippen LogP contribution is -2.33. The highest BCUT2D eigenvalue weighted by Gasteiger charge is 2.34. The smallest absolute Gasteiger partial charge is 0.0672 e. The summed E-state index contributed by atoms with van der Waals surface area (Å²) < 4.78 is 0. The number of nitrogens with two attached hydrogens (primary N) is 1. The number of rotatable bonds is 1. The van der Waals surface area contributed by atoms with Gasteiger partial charge in [0, 0.05) is 6.04 Å². The first kappa shape index (κ1) is 8.55. The van der Waals surface area contributed by atoms with Crippen LogP contribution in [0.25, 0.3) is 0 Å². The highest BCUT2D eigenvalue weighted by Crippen LogP contribution is 2.34. The summed E-state index contributed by atoms with van der Waals surface area (Å²) in [4.78, 5) is 0. The lowest BCUT2D eigenvalue weighted by molar-refractivity contribution is 0.345. The van der Waals surface area contributed by atoms with Crippen LogP contribution in [0.5, 0.6) is 0 Å². The van der Waals surface area contributed by atoms with Gasteiger partial charge < -0.3 is 5.73 Å². The molecule has 1 rings (SSSR count). The van der Waals surface area contributed by atoms with E-state index in [1.807, 2.05) is 0 Å². The molecular weight excluding hydrogens is 136 g/mol. The topological polar surface area (TPSA) is 49.8 Å². The van der Waals surface area contributed by atoms with Crippen LogP contribution in [0.15, 0.2) is 0 Å². The molecule has 0 amide bonds. The second-order valence-electron chi connectivity index (χ2n) is 3.80. The summed E-state index contributed by atoms with van der Waals surface area (Å²) in [6.45, 7) is 4.37. The van der Waals surface area contributed by atoms with Crippen molar-refractivity contribution in [1.29, 1.82) is 5.26 Å². The summed E-state index contributed by atoms with van der Waals surface area (Å²) in [5.41, 5.74) is 5.91. The van der Waals surface area contributed by atoms with Gasteiger partial charge in [-0.25, -0.2) is 0 Å². The van der Waals surface area contributed by atoms with Crippen molar-refractivity contribution in [2.24, 2.45) is 23.5 Å². The lowest BCUT2D eigenvalue weighted by Gasteiger charge is -2.20. The third-order valence-electron chi connectivity index (χ3n) is 2.79. The fourth-order valence-electron chi connectivity index (χ4n) is 1.98. The normalized spacial score (nSPS) is 37.5. The van der Waals surface area contributed by atoms with Crippen molar-refractivity contribution >= 4 is 0 Å². The fraction of sp³-hybridized carbons (Fsp3) is 0.889. The average Bonchev–Trinajstić information content (AvgIpc) is 2.30. The molecule has 1 aliphatic carbocycles. The number of nitrogens with zero attached hydrogens (tertiary/aromatic N) is 1. The summed E-state index contributed by atoms with van der Waals surface area (Å²) in [6.07, 6.45) is 2.14. The van der Waals surface area contributed by atoms with Crippen LogP contribution in [0, 0.1) is 29.1 Å². The molecule has 62 valence electrons. The zero-order valence-electron chi connectivity index (χ0n) is 7.25. The molecule has 0 saturated heterocycles. The Hall–Kier alpha value is -0.550. The summed E-state index contributed by atoms with van der Waals surface area (Å²) in [5, 5.41) is 8.71. The largest absolute Gasteiger partial charge is 0.326 e. The molecule has 3 unspecified atom stereocenters. The Morgan fingerprint density at radius 3 is 2.36 bits per heavy atom. The molecule has 0 aromatic rings. The van der Waals surface area contributed by atoms with Gasteiger partial charge in [0.25, 0.3) is 0 Å². The van der Waals surface area contributed by atoms with Gasteiger partial charge in [0.1, 0.15) is 0 Å². The van der Waals surface area contributed by atoms with Gasteiger partial charge >= 0.3 is 0 Å². The van der Waals surface area contributed by atoms with Crippen LogP contribution in [-0.2, 0) is 0 Å². The fourth-order valence-corrected chi connectivity index (χ4v) is 1.98. The molecule has 2 heteroatoms. The van der Waals surface area contributed by atoms with E-state index >= 15 is 0 Å². The molecular formula is C9H16N2. The maximum absolute atomic E-state index is 8.71. The minimum Gasteiger partial charge on any atom is -0.326 e. The zero-order chi connectivity index (χ0) is 8.43. The predicted octanol–water partition coefficient (Wildman–Crippen LogP) is 1.52. The summed E-state index contributed by atoms with van der Waals surface area (Å²) in [5.74, 6) is 1.31. The van der Waals surface area contributed by atoms with E-state index in [9.17, 15) is 0 Å². The first-order valence-electron chi connectivity index (χ1n) is 4.32. The summed E-state index contributed by atoms with van der Waals surface area (Å²) in [6, 6.07) is 2.40. The van der Waals surface area contributed by atoms with Gasteiger partial charge in [-0.1, -0.05) is 13.8 Å². The second-order valence-corrected chi connectivity index (χ2v) is 3.80. The van der Waals surface area contributed by atoms with E-state index in [1.165, 1.54) is 0 Å². The predicted molar refractivity (Wildman–Crippen MR) is 44.6 cm³/mol. The molecule has 2 nitrogen and oxygen atoms in total. The number of nitriles is 1. The molecule has 11 heavy (non-hydrogen) atoms. The van der Waals surface area contributed by atoms with Gasteiger partial charge in [-0.15, -0.1) is 0 Å². The number of hydrogen-bond donors (Lipinski definition) is 1. The van der Waals surface area contributed by atoms with Crippen LogP contribution in [0.3, 0.4) is 0 Å². The van der Waals surface area contributed by atoms with Crippen LogP contribution in [-0.4, -0.2) is 6.04 Å². The molecule has 0 aliphatic heterocycles. The third-order valence-corrected chi connectivity index (χ3v) is 2.79. The Labute approximate surface area is 68.4 Å². The van der Waals surface area contributed by atoms with Gasteiger partial charge in [0.15, 0.2) is 0 Å². The van der Waals surface area contributed by atoms with Crippen molar-refractivity contribution in [3.05, 3.63) is 0 Å². The quantitative estimate of drug-likeness (QED) is 0.619. The minimum atomic E-state index is 0.113. The lowest BCUT2D eigenvalue weighted by atomic mass is 9.89. The molecule has 1 fully saturated rings. The first-order chi connectivity index (χ1) is 5.16. The molecule has 0 bridgehead atoms. The van der Waals surface area contributed by atoms with Gasteiger partial charge in [-0.2, -0.15) is 5.26 Å². The SMILES string of the molecule is CC(C)C1CCC(C#N)C1N. The Bertz CT molecular complexity index is 169. The molecule has 0 spiro atoms. The standard InChI is InChI=1S/C9H16N2/c1-6(2)8-4-3-7(5-10)9(8)11/h6-9H,3-4,11H2,1-2H3. The van der Waals surface area contributed by atoms with Crippen LogP contribution < -0.4 is 5.73 Å². The highest BCUT2D eigenvalue weighted by atomic mass is 14.7. The Balaban J connectivity index is 2.57. The molecule has 0 aromatic carbocycles. The van der Waals surface area contributed by atoms with E-state index in [2.05, 4.69) is 19.9 Å². The molecule has 0 heterocycles. The monoisotopic (exact) mass is 152 g/mol. The molecule has 1 saturated carbocycles. The summed E-state index contributed by atoms with van der Waals surface area (Å²) in [7, 11) is 0. The minimum absolute atomic E-state index is 0.113. The van der Waals surface area contributed by atoms with Crippen LogP contribution in [0.2, 0.25) is 0 Å². The van der Waals surface area contributed by atoms with Crippen molar-refractivity contribution in [3.8, 4) is 6.07 Å². The molecule has 1 aliphatic rings. The van der Waals surface area contributed by atoms with E-state index in [0.29, 0.717) is 11.8 Å². The van der Waals surface area contributed by atoms with Gasteiger partial charge in [-0.3, -0.25) is 0 Å². The van der Waals surface area contributed by atoms with E-state index in [-0.39, 0.29) is 12.0 Å². The van der Waals surface area contributed by atoms with E-state index in [0.717, 1.165) is 12.8 Å². The van der Waals surface area contributed by atoms with Crippen molar-refractivity contribution < 1.29 is 0 Å². The summed E-state index contributed by atoms with van der Waals surface area (Å²) >= 11 is 0. The van der Waals surface area contributed by atoms with Crippen molar-refractivity contribution in [2.45, 2.75) is 32.7 Å². The van der Waals surface area contributed by atoms with Crippen molar-refractivity contribution in [3.63, 3.8) is 0 Å². The Kier molecular flexibility index (Phi) is 2.51. The van der Waals surface area contributed by atoms with Gasteiger partial charge in [0.2, 0.25) is 0 Å². The van der Waals surface area contributed by atoms with E-state index in [4.69, 9.17) is 11.0 Å². The van der Waals surface area contributed by atoms with Crippen molar-refractivity contribution in [2.75, 3.05) is 0 Å². The van der Waals surface area contributed by atoms with Crippen molar-refractivity contribution in [1.82, 2.24) is 0 Å². The maximum atomic E-state index is 8.71. The first-order valence-corrected chi connectivity index (χ1v) is 4.32. The zero-order valence-corrected chi connectivity index (χ0v) is 7.25.